The maximum absolute atomic E-state index is 14.3. The van der Waals surface area contributed by atoms with Crippen LogP contribution in [0.25, 0.3) is 0 Å². The van der Waals surface area contributed by atoms with Crippen LogP contribution >= 0.6 is 0 Å². The Balaban J connectivity index is 1.36. The molecule has 0 bridgehead atoms. The zero-order chi connectivity index (χ0) is 25.3. The molecule has 186 valence electrons. The van der Waals surface area contributed by atoms with Crippen molar-refractivity contribution in [3.63, 3.8) is 0 Å². The molecule has 0 saturated carbocycles. The molecule has 0 spiro atoms. The van der Waals surface area contributed by atoms with Gasteiger partial charge < -0.3 is 25.0 Å². The molecule has 2 heterocycles. The van der Waals surface area contributed by atoms with Gasteiger partial charge in [-0.3, -0.25) is 9.59 Å². The van der Waals surface area contributed by atoms with E-state index in [4.69, 9.17) is 9.47 Å². The lowest BCUT2D eigenvalue weighted by molar-refractivity contribution is -0.127. The molecule has 0 unspecified atom stereocenters. The van der Waals surface area contributed by atoms with Gasteiger partial charge in [-0.05, 0) is 43.2 Å². The first-order valence-corrected chi connectivity index (χ1v) is 11.5. The third kappa shape index (κ3) is 6.78. The molecule has 9 nitrogen and oxygen atoms in total. The van der Waals surface area contributed by atoms with Crippen LogP contribution in [-0.4, -0.2) is 46.4 Å². The first-order chi connectivity index (χ1) is 17.5. The first kappa shape index (κ1) is 24.6. The summed E-state index contributed by atoms with van der Waals surface area (Å²) in [6.07, 6.45) is 4.45. The van der Waals surface area contributed by atoms with E-state index in [0.29, 0.717) is 36.7 Å². The molecule has 36 heavy (non-hydrogen) atoms. The number of likely N-dealkylation sites (tertiary alicyclic amines) is 1. The van der Waals surface area contributed by atoms with Crippen LogP contribution < -0.4 is 20.1 Å². The molecule has 2 N–H and O–H groups in total. The molecule has 1 fully saturated rings. The van der Waals surface area contributed by atoms with Crippen molar-refractivity contribution in [1.82, 2.24) is 14.9 Å². The molecule has 0 radical (unpaired) electrons. The third-order valence-electron chi connectivity index (χ3n) is 5.32. The predicted molar refractivity (Wildman–Crippen MR) is 133 cm³/mol. The number of rotatable bonds is 11. The van der Waals surface area contributed by atoms with Gasteiger partial charge in [0.05, 0.1) is 12.8 Å². The molecule has 4 rings (SSSR count). The average Bonchev–Trinajstić information content (AvgIpc) is 3.29. The number of aromatic nitrogens is 2. The van der Waals surface area contributed by atoms with Crippen LogP contribution in [0.1, 0.15) is 19.3 Å². The van der Waals surface area contributed by atoms with Crippen LogP contribution in [0.15, 0.2) is 67.4 Å². The largest absolute Gasteiger partial charge is 0.493 e. The molecule has 1 aliphatic heterocycles. The van der Waals surface area contributed by atoms with Gasteiger partial charge in [-0.1, -0.05) is 18.7 Å². The summed E-state index contributed by atoms with van der Waals surface area (Å²) in [6, 6.07) is 13.7. The van der Waals surface area contributed by atoms with Crippen molar-refractivity contribution in [1.29, 1.82) is 0 Å². The molecule has 1 aliphatic rings. The molecule has 10 heteroatoms. The number of nitrogens with one attached hydrogen (secondary N) is 2. The van der Waals surface area contributed by atoms with Crippen LogP contribution in [0.4, 0.5) is 21.7 Å². The number of hydrogen-bond acceptors (Lipinski definition) is 7. The molecule has 1 saturated heterocycles. The third-order valence-corrected chi connectivity index (χ3v) is 5.32. The number of ether oxygens (including phenoxy) is 2. The Morgan fingerprint density at radius 1 is 1.17 bits per heavy atom. The van der Waals surface area contributed by atoms with Crippen molar-refractivity contribution in [2.24, 2.45) is 0 Å². The van der Waals surface area contributed by atoms with Gasteiger partial charge in [0.2, 0.25) is 23.6 Å². The quantitative estimate of drug-likeness (QED) is 0.297. The summed E-state index contributed by atoms with van der Waals surface area (Å²) in [5.41, 5.74) is 1.11. The minimum atomic E-state index is -0.741. The van der Waals surface area contributed by atoms with Crippen LogP contribution in [0, 0.1) is 5.82 Å². The van der Waals surface area contributed by atoms with E-state index in [0.717, 1.165) is 31.7 Å². The van der Waals surface area contributed by atoms with Crippen molar-refractivity contribution < 1.29 is 23.5 Å². The van der Waals surface area contributed by atoms with E-state index in [1.54, 1.807) is 30.3 Å². The molecule has 3 aromatic rings. The van der Waals surface area contributed by atoms with Gasteiger partial charge in [0, 0.05) is 43.0 Å². The normalized spacial score (nSPS) is 12.8. The van der Waals surface area contributed by atoms with Crippen molar-refractivity contribution in [2.75, 3.05) is 30.3 Å². The Bertz CT molecular complexity index is 1250. The second-order valence-corrected chi connectivity index (χ2v) is 8.01. The Hall–Kier alpha value is -4.47. The highest BCUT2D eigenvalue weighted by atomic mass is 19.1. The molecule has 2 amide bonds. The van der Waals surface area contributed by atoms with Crippen LogP contribution in [0.2, 0.25) is 0 Å². The van der Waals surface area contributed by atoms with Crippen molar-refractivity contribution in [3.8, 4) is 17.4 Å². The topological polar surface area (TPSA) is 106 Å². The Kier molecular flexibility index (Phi) is 8.07. The highest BCUT2D eigenvalue weighted by molar-refractivity contribution is 5.98. The van der Waals surface area contributed by atoms with Gasteiger partial charge in [0.1, 0.15) is 11.5 Å². The minimum absolute atomic E-state index is 0.132. The summed E-state index contributed by atoms with van der Waals surface area (Å²) in [5.74, 6) is -0.127. The lowest BCUT2D eigenvalue weighted by Gasteiger charge is -2.15. The molecular formula is C26H26FN5O4. The van der Waals surface area contributed by atoms with Gasteiger partial charge >= 0.3 is 0 Å². The fourth-order valence-electron chi connectivity index (χ4n) is 3.60. The van der Waals surface area contributed by atoms with Crippen LogP contribution in [0.3, 0.4) is 0 Å². The number of amides is 2. The monoisotopic (exact) mass is 491 g/mol. The highest BCUT2D eigenvalue weighted by Crippen LogP contribution is 2.27. The zero-order valence-corrected chi connectivity index (χ0v) is 19.6. The number of carbonyl (C=O) groups is 2. The van der Waals surface area contributed by atoms with E-state index in [2.05, 4.69) is 27.2 Å². The van der Waals surface area contributed by atoms with Gasteiger partial charge in [-0.15, -0.1) is 0 Å². The van der Waals surface area contributed by atoms with E-state index in [1.807, 2.05) is 17.0 Å². The maximum Gasteiger partial charge on any atom is 0.260 e. The summed E-state index contributed by atoms with van der Waals surface area (Å²) in [4.78, 5) is 33.2. The fourth-order valence-corrected chi connectivity index (χ4v) is 3.60. The minimum Gasteiger partial charge on any atom is -0.493 e. The summed E-state index contributed by atoms with van der Waals surface area (Å²) in [6.45, 7) is 5.39. The van der Waals surface area contributed by atoms with E-state index >= 15 is 0 Å². The van der Waals surface area contributed by atoms with Crippen molar-refractivity contribution in [3.05, 3.63) is 73.2 Å². The lowest BCUT2D eigenvalue weighted by Crippen LogP contribution is -2.26. The van der Waals surface area contributed by atoms with Gasteiger partial charge in [-0.2, -0.15) is 9.37 Å². The maximum atomic E-state index is 14.3. The number of anilines is 3. The van der Waals surface area contributed by atoms with E-state index < -0.39 is 5.82 Å². The Morgan fingerprint density at radius 2 is 1.94 bits per heavy atom. The zero-order valence-electron chi connectivity index (χ0n) is 19.6. The first-order valence-electron chi connectivity index (χ1n) is 11.5. The molecule has 2 aromatic carbocycles. The number of halogens is 1. The van der Waals surface area contributed by atoms with Crippen molar-refractivity contribution in [2.45, 2.75) is 19.3 Å². The molecule has 0 atom stereocenters. The van der Waals surface area contributed by atoms with Crippen molar-refractivity contribution >= 4 is 29.1 Å². The van der Waals surface area contributed by atoms with E-state index in [9.17, 15) is 14.0 Å². The Labute approximate surface area is 208 Å². The molecule has 1 aromatic heterocycles. The number of benzene rings is 2. The Morgan fingerprint density at radius 3 is 2.72 bits per heavy atom. The summed E-state index contributed by atoms with van der Waals surface area (Å²) in [7, 11) is 0. The molecule has 0 aliphatic carbocycles. The molecular weight excluding hydrogens is 465 g/mol. The fraction of sp³-hybridized carbons (Fsp3) is 0.231. The second-order valence-electron chi connectivity index (χ2n) is 8.01. The van der Waals surface area contributed by atoms with Crippen LogP contribution in [-0.2, 0) is 9.59 Å². The summed E-state index contributed by atoms with van der Waals surface area (Å²) >= 11 is 0. The standard InChI is InChI=1S/C26H26FN5O4/c1-2-23(33)29-18-7-4-10-21(16-18)36-25-22(27)17-28-26(31-25)30-19-8-3-9-20(15-19)35-14-6-13-32-12-5-11-24(32)34/h2-4,7-10,15-17H,1,5-6,11-14H2,(H,29,33)(H,28,30,31). The predicted octanol–water partition coefficient (Wildman–Crippen LogP) is 4.67. The number of hydrogen-bond donors (Lipinski definition) is 2. The van der Waals surface area contributed by atoms with Crippen LogP contribution in [0.5, 0.6) is 17.4 Å². The SMILES string of the molecule is C=CC(=O)Nc1cccc(Oc2nc(Nc3cccc(OCCCN4CCCC4=O)c3)ncc2F)c1. The summed E-state index contributed by atoms with van der Waals surface area (Å²) < 4.78 is 25.7. The summed E-state index contributed by atoms with van der Waals surface area (Å²) in [5, 5.41) is 5.62. The number of nitrogens with zero attached hydrogens (tertiary/aromatic N) is 3. The lowest BCUT2D eigenvalue weighted by atomic mass is 10.3. The smallest absolute Gasteiger partial charge is 0.260 e. The average molecular weight is 492 g/mol. The highest BCUT2D eigenvalue weighted by Gasteiger charge is 2.19. The van der Waals surface area contributed by atoms with E-state index in [-0.39, 0.29) is 29.4 Å². The van der Waals surface area contributed by atoms with Gasteiger partial charge in [0.25, 0.3) is 5.88 Å². The number of carbonyl (C=O) groups excluding carboxylic acids is 2. The van der Waals surface area contributed by atoms with Gasteiger partial charge in [-0.25, -0.2) is 4.98 Å². The van der Waals surface area contributed by atoms with Gasteiger partial charge in [0.15, 0.2) is 0 Å². The van der Waals surface area contributed by atoms with E-state index in [1.165, 1.54) is 6.07 Å². The second kappa shape index (κ2) is 11.8.